The molecule has 166 valence electrons. The molecule has 1 spiro atoms. The van der Waals surface area contributed by atoms with Crippen LogP contribution in [-0.4, -0.2) is 48.7 Å². The molecule has 3 rings (SSSR count). The molecule has 1 heterocycles. The molecule has 2 aliphatic rings. The third kappa shape index (κ3) is 5.01. The number of likely N-dealkylation sites (tertiary alicyclic amines) is 1. The van der Waals surface area contributed by atoms with Crippen molar-refractivity contribution in [2.24, 2.45) is 5.41 Å². The van der Waals surface area contributed by atoms with E-state index in [1.54, 1.807) is 6.92 Å². The molecule has 5 nitrogen and oxygen atoms in total. The van der Waals surface area contributed by atoms with E-state index in [9.17, 15) is 23.2 Å². The monoisotopic (exact) mass is 431 g/mol. The number of carbonyl (C=O) groups is 3. The van der Waals surface area contributed by atoms with Gasteiger partial charge in [0, 0.05) is 31.5 Å². The van der Waals surface area contributed by atoms with E-state index in [1.807, 2.05) is 26.0 Å². The average molecular weight is 431 g/mol. The number of rotatable bonds is 4. The molecule has 0 bridgehead atoms. The third-order valence-electron chi connectivity index (χ3n) is 6.40. The van der Waals surface area contributed by atoms with Crippen LogP contribution in [0.25, 0.3) is 0 Å². The van der Waals surface area contributed by atoms with Gasteiger partial charge >= 0.3 is 6.61 Å². The van der Waals surface area contributed by atoms with Crippen LogP contribution < -0.4 is 0 Å². The molecule has 1 aromatic carbocycles. The summed E-state index contributed by atoms with van der Waals surface area (Å²) in [6, 6.07) is 3.82. The number of amides is 1. The number of carbonyl (C=O) groups excluding carboxylic acids is 3. The molecule has 1 aliphatic heterocycles. The summed E-state index contributed by atoms with van der Waals surface area (Å²) >= 11 is 0. The lowest BCUT2D eigenvalue weighted by molar-refractivity contribution is -0.161. The fourth-order valence-corrected chi connectivity index (χ4v) is 4.96. The SMILES string of the molecule is CC#Cc1cc(C)c(C2C(=O)CC3(CCN(C(=O)COC(F)F)CC3)CC2=O)c(C)c1. The van der Waals surface area contributed by atoms with Crippen LogP contribution in [0.5, 0.6) is 0 Å². The van der Waals surface area contributed by atoms with Crippen LogP contribution in [0.2, 0.25) is 0 Å². The summed E-state index contributed by atoms with van der Waals surface area (Å²) in [6.45, 7) is 2.58. The molecule has 31 heavy (non-hydrogen) atoms. The van der Waals surface area contributed by atoms with Gasteiger partial charge in [0.1, 0.15) is 24.1 Å². The second-order valence-corrected chi connectivity index (χ2v) is 8.57. The van der Waals surface area contributed by atoms with Crippen LogP contribution in [0, 0.1) is 31.1 Å². The summed E-state index contributed by atoms with van der Waals surface area (Å²) in [6.07, 6.45) is 1.57. The van der Waals surface area contributed by atoms with Crippen molar-refractivity contribution in [3.63, 3.8) is 0 Å². The smallest absolute Gasteiger partial charge is 0.341 e. The van der Waals surface area contributed by atoms with Gasteiger partial charge < -0.3 is 9.64 Å². The maximum Gasteiger partial charge on any atom is 0.345 e. The Morgan fingerprint density at radius 3 is 2.19 bits per heavy atom. The van der Waals surface area contributed by atoms with Crippen LogP contribution in [0.1, 0.15) is 60.8 Å². The van der Waals surface area contributed by atoms with Gasteiger partial charge in [-0.2, -0.15) is 8.78 Å². The van der Waals surface area contributed by atoms with E-state index in [0.29, 0.717) is 25.9 Å². The Kier molecular flexibility index (Phi) is 6.90. The standard InChI is InChI=1S/C24H27F2NO4/c1-4-5-17-10-15(2)21(16(3)11-17)22-18(28)12-24(13-19(22)29)6-8-27(9-7-24)20(30)14-31-23(25)26/h10-11,22-23H,6-9,12-14H2,1-3H3. The average Bonchev–Trinajstić information content (AvgIpc) is 2.68. The van der Waals surface area contributed by atoms with Crippen molar-refractivity contribution in [1.29, 1.82) is 0 Å². The molecule has 1 saturated heterocycles. The van der Waals surface area contributed by atoms with Gasteiger partial charge in [-0.05, 0) is 67.9 Å². The Morgan fingerprint density at radius 1 is 1.16 bits per heavy atom. The quantitative estimate of drug-likeness (QED) is 0.540. The lowest BCUT2D eigenvalue weighted by Crippen LogP contribution is -2.49. The van der Waals surface area contributed by atoms with E-state index < -0.39 is 30.5 Å². The van der Waals surface area contributed by atoms with Crippen LogP contribution >= 0.6 is 0 Å². The first-order chi connectivity index (χ1) is 14.7. The Morgan fingerprint density at radius 2 is 1.71 bits per heavy atom. The van der Waals surface area contributed by atoms with Crippen molar-refractivity contribution in [2.75, 3.05) is 19.7 Å². The molecule has 1 aromatic rings. The highest BCUT2D eigenvalue weighted by molar-refractivity contribution is 6.10. The number of benzene rings is 1. The molecule has 2 fully saturated rings. The Bertz CT molecular complexity index is 909. The summed E-state index contributed by atoms with van der Waals surface area (Å²) in [5.41, 5.74) is 2.96. The molecular weight excluding hydrogens is 404 g/mol. The molecule has 1 aliphatic carbocycles. The number of piperidine rings is 1. The van der Waals surface area contributed by atoms with E-state index in [2.05, 4.69) is 16.6 Å². The zero-order valence-corrected chi connectivity index (χ0v) is 18.1. The predicted octanol–water partition coefficient (Wildman–Crippen LogP) is 3.54. The lowest BCUT2D eigenvalue weighted by Gasteiger charge is -2.44. The van der Waals surface area contributed by atoms with Gasteiger partial charge in [0.15, 0.2) is 0 Å². The first kappa shape index (κ1) is 23.1. The van der Waals surface area contributed by atoms with E-state index in [4.69, 9.17) is 0 Å². The van der Waals surface area contributed by atoms with Gasteiger partial charge in [0.25, 0.3) is 0 Å². The number of ether oxygens (including phenoxy) is 1. The molecule has 0 aromatic heterocycles. The highest BCUT2D eigenvalue weighted by Gasteiger charge is 2.47. The van der Waals surface area contributed by atoms with Gasteiger partial charge in [-0.15, -0.1) is 5.92 Å². The molecule has 0 radical (unpaired) electrons. The summed E-state index contributed by atoms with van der Waals surface area (Å²) in [7, 11) is 0. The molecule has 7 heteroatoms. The molecular formula is C24H27F2NO4. The first-order valence-corrected chi connectivity index (χ1v) is 10.4. The minimum atomic E-state index is -2.99. The number of halogens is 2. The Balaban J connectivity index is 1.71. The van der Waals surface area contributed by atoms with Gasteiger partial charge in [-0.1, -0.05) is 5.92 Å². The van der Waals surface area contributed by atoms with E-state index >= 15 is 0 Å². The van der Waals surface area contributed by atoms with Crippen LogP contribution in [0.4, 0.5) is 8.78 Å². The van der Waals surface area contributed by atoms with Crippen molar-refractivity contribution >= 4 is 17.5 Å². The summed E-state index contributed by atoms with van der Waals surface area (Å²) < 4.78 is 28.4. The number of aryl methyl sites for hydroxylation is 2. The zero-order chi connectivity index (χ0) is 22.8. The van der Waals surface area contributed by atoms with Crippen molar-refractivity contribution < 1.29 is 27.9 Å². The summed E-state index contributed by atoms with van der Waals surface area (Å²) in [4.78, 5) is 39.8. The predicted molar refractivity (Wildman–Crippen MR) is 111 cm³/mol. The van der Waals surface area contributed by atoms with Crippen molar-refractivity contribution in [1.82, 2.24) is 4.90 Å². The van der Waals surface area contributed by atoms with Crippen molar-refractivity contribution in [2.45, 2.75) is 59.0 Å². The van der Waals surface area contributed by atoms with Crippen molar-refractivity contribution in [3.05, 3.63) is 34.4 Å². The molecule has 1 amide bonds. The highest BCUT2D eigenvalue weighted by atomic mass is 19.3. The number of hydrogen-bond donors (Lipinski definition) is 0. The normalized spacial score (nSPS) is 19.0. The Hall–Kier alpha value is -2.59. The molecule has 1 saturated carbocycles. The van der Waals surface area contributed by atoms with E-state index in [1.165, 1.54) is 4.90 Å². The number of nitrogens with zero attached hydrogens (tertiary/aromatic N) is 1. The minimum Gasteiger partial charge on any atom is -0.341 e. The largest absolute Gasteiger partial charge is 0.345 e. The van der Waals surface area contributed by atoms with Crippen LogP contribution in [-0.2, 0) is 19.1 Å². The second-order valence-electron chi connectivity index (χ2n) is 8.57. The number of Topliss-reactive ketones (excluding diaryl/α,β-unsaturated/α-hetero) is 2. The van der Waals surface area contributed by atoms with E-state index in [0.717, 1.165) is 22.3 Å². The van der Waals surface area contributed by atoms with Crippen LogP contribution in [0.3, 0.4) is 0 Å². The van der Waals surface area contributed by atoms with Crippen molar-refractivity contribution in [3.8, 4) is 11.8 Å². The van der Waals surface area contributed by atoms with Gasteiger partial charge in [-0.3, -0.25) is 14.4 Å². The third-order valence-corrected chi connectivity index (χ3v) is 6.40. The molecule has 0 N–H and O–H groups in total. The van der Waals surface area contributed by atoms with Crippen LogP contribution in [0.15, 0.2) is 12.1 Å². The summed E-state index contributed by atoms with van der Waals surface area (Å²) in [5, 5.41) is 0. The molecule has 0 unspecified atom stereocenters. The maximum atomic E-state index is 13.2. The fraction of sp³-hybridized carbons (Fsp3) is 0.542. The molecule has 0 atom stereocenters. The number of ketones is 2. The van der Waals surface area contributed by atoms with Gasteiger partial charge in [-0.25, -0.2) is 0 Å². The van der Waals surface area contributed by atoms with Gasteiger partial charge in [0.05, 0.1) is 0 Å². The fourth-order valence-electron chi connectivity index (χ4n) is 4.96. The number of alkyl halides is 2. The number of hydrogen-bond acceptors (Lipinski definition) is 4. The summed E-state index contributed by atoms with van der Waals surface area (Å²) in [5.74, 6) is 4.45. The topological polar surface area (TPSA) is 63.7 Å². The maximum absolute atomic E-state index is 13.2. The highest BCUT2D eigenvalue weighted by Crippen LogP contribution is 2.46. The Labute approximate surface area is 181 Å². The lowest BCUT2D eigenvalue weighted by atomic mass is 9.62. The second kappa shape index (κ2) is 9.27. The van der Waals surface area contributed by atoms with Gasteiger partial charge in [0.2, 0.25) is 5.91 Å². The van der Waals surface area contributed by atoms with E-state index in [-0.39, 0.29) is 24.4 Å². The zero-order valence-electron chi connectivity index (χ0n) is 18.1. The minimum absolute atomic E-state index is 0.0856. The first-order valence-electron chi connectivity index (χ1n) is 10.4.